The van der Waals surface area contributed by atoms with E-state index in [0.29, 0.717) is 23.4 Å². The zero-order chi connectivity index (χ0) is 13.3. The van der Waals surface area contributed by atoms with Crippen molar-refractivity contribution >= 4 is 5.69 Å². The number of nitrogens with zero attached hydrogens (tertiary/aromatic N) is 2. The predicted molar refractivity (Wildman–Crippen MR) is 74.4 cm³/mol. The predicted octanol–water partition coefficient (Wildman–Crippen LogP) is 1.36. The summed E-state index contributed by atoms with van der Waals surface area (Å²) in [5.74, 6) is 0.994. The average molecular weight is 249 g/mol. The summed E-state index contributed by atoms with van der Waals surface area (Å²) in [6.45, 7) is 5.16. The Bertz CT molecular complexity index is 420. The Morgan fingerprint density at radius 3 is 2.72 bits per heavy atom. The molecule has 1 heterocycles. The third-order valence-corrected chi connectivity index (χ3v) is 3.81. The van der Waals surface area contributed by atoms with Gasteiger partial charge in [0.2, 0.25) is 0 Å². The molecule has 1 saturated heterocycles. The van der Waals surface area contributed by atoms with Crippen molar-refractivity contribution in [2.45, 2.75) is 19.5 Å². The molecular weight excluding hydrogens is 226 g/mol. The first-order valence-corrected chi connectivity index (χ1v) is 6.43. The smallest absolute Gasteiger partial charge is 0.120 e. The Morgan fingerprint density at radius 1 is 1.39 bits per heavy atom. The van der Waals surface area contributed by atoms with Gasteiger partial charge in [-0.2, -0.15) is 0 Å². The first-order valence-electron chi connectivity index (χ1n) is 6.43. The van der Waals surface area contributed by atoms with Crippen LogP contribution in [-0.4, -0.2) is 48.1 Å². The van der Waals surface area contributed by atoms with E-state index in [1.54, 1.807) is 12.1 Å². The van der Waals surface area contributed by atoms with E-state index in [-0.39, 0.29) is 0 Å². The number of nitrogens with two attached hydrogens (primary N) is 1. The monoisotopic (exact) mass is 249 g/mol. The SMILES string of the molecule is CC1CN(Cc2cc(N)ccc2O)CC1N(C)C. The number of benzene rings is 1. The standard InChI is InChI=1S/C14H23N3O/c1-10-7-17(9-13(10)16(2)3)8-11-6-12(15)4-5-14(11)18/h4-6,10,13,18H,7-9,15H2,1-3H3. The van der Waals surface area contributed by atoms with Gasteiger partial charge in [-0.05, 0) is 38.2 Å². The van der Waals surface area contributed by atoms with Gasteiger partial charge in [0.25, 0.3) is 0 Å². The molecule has 0 amide bonds. The summed E-state index contributed by atoms with van der Waals surface area (Å²) in [4.78, 5) is 4.66. The Morgan fingerprint density at radius 2 is 2.11 bits per heavy atom. The molecule has 0 aliphatic carbocycles. The number of rotatable bonds is 3. The molecule has 100 valence electrons. The molecule has 1 aliphatic heterocycles. The van der Waals surface area contributed by atoms with E-state index in [0.717, 1.165) is 25.2 Å². The number of anilines is 1. The lowest BCUT2D eigenvalue weighted by Crippen LogP contribution is -2.34. The molecule has 0 spiro atoms. The Hall–Kier alpha value is -1.26. The zero-order valence-corrected chi connectivity index (χ0v) is 11.4. The van der Waals surface area contributed by atoms with Gasteiger partial charge in [-0.15, -0.1) is 0 Å². The van der Waals surface area contributed by atoms with Crippen molar-refractivity contribution in [1.29, 1.82) is 0 Å². The van der Waals surface area contributed by atoms with Gasteiger partial charge in [-0.1, -0.05) is 6.92 Å². The number of phenolic OH excluding ortho intramolecular Hbond substituents is 1. The van der Waals surface area contributed by atoms with Crippen LogP contribution >= 0.6 is 0 Å². The van der Waals surface area contributed by atoms with E-state index in [4.69, 9.17) is 5.73 Å². The van der Waals surface area contributed by atoms with Crippen molar-refractivity contribution in [2.75, 3.05) is 32.9 Å². The normalized spacial score (nSPS) is 24.9. The summed E-state index contributed by atoms with van der Waals surface area (Å²) in [5, 5.41) is 9.84. The van der Waals surface area contributed by atoms with Crippen LogP contribution in [0, 0.1) is 5.92 Å². The third-order valence-electron chi connectivity index (χ3n) is 3.81. The molecule has 4 heteroatoms. The quantitative estimate of drug-likeness (QED) is 0.627. The minimum atomic E-state index is 0.338. The molecule has 0 bridgehead atoms. The molecule has 0 saturated carbocycles. The number of likely N-dealkylation sites (N-methyl/N-ethyl adjacent to an activating group) is 1. The highest BCUT2D eigenvalue weighted by atomic mass is 16.3. The van der Waals surface area contributed by atoms with Crippen LogP contribution in [0.4, 0.5) is 5.69 Å². The number of likely N-dealkylation sites (tertiary alicyclic amines) is 1. The van der Waals surface area contributed by atoms with Gasteiger partial charge >= 0.3 is 0 Å². The second kappa shape index (κ2) is 5.16. The molecule has 18 heavy (non-hydrogen) atoms. The van der Waals surface area contributed by atoms with Gasteiger partial charge in [0.05, 0.1) is 0 Å². The topological polar surface area (TPSA) is 52.7 Å². The number of hydrogen-bond donors (Lipinski definition) is 2. The first kappa shape index (κ1) is 13.2. The largest absolute Gasteiger partial charge is 0.508 e. The van der Waals surface area contributed by atoms with Crippen LogP contribution in [0.25, 0.3) is 0 Å². The van der Waals surface area contributed by atoms with Crippen molar-refractivity contribution < 1.29 is 5.11 Å². The fraction of sp³-hybridized carbons (Fsp3) is 0.571. The summed E-state index contributed by atoms with van der Waals surface area (Å²) < 4.78 is 0. The minimum Gasteiger partial charge on any atom is -0.508 e. The minimum absolute atomic E-state index is 0.338. The molecule has 1 aromatic rings. The van der Waals surface area contributed by atoms with Gasteiger partial charge in [-0.3, -0.25) is 4.90 Å². The van der Waals surface area contributed by atoms with E-state index in [1.165, 1.54) is 0 Å². The maximum Gasteiger partial charge on any atom is 0.120 e. The van der Waals surface area contributed by atoms with Crippen molar-refractivity contribution in [3.63, 3.8) is 0 Å². The highest BCUT2D eigenvalue weighted by Gasteiger charge is 2.31. The zero-order valence-electron chi connectivity index (χ0n) is 11.4. The maximum absolute atomic E-state index is 9.84. The van der Waals surface area contributed by atoms with Crippen molar-refractivity contribution in [3.05, 3.63) is 23.8 Å². The highest BCUT2D eigenvalue weighted by molar-refractivity contribution is 5.47. The molecule has 1 aromatic carbocycles. The van der Waals surface area contributed by atoms with E-state index < -0.39 is 0 Å². The Balaban J connectivity index is 2.05. The van der Waals surface area contributed by atoms with Crippen molar-refractivity contribution in [2.24, 2.45) is 5.92 Å². The number of hydrogen-bond acceptors (Lipinski definition) is 4. The summed E-state index contributed by atoms with van der Waals surface area (Å²) in [6.07, 6.45) is 0. The summed E-state index contributed by atoms with van der Waals surface area (Å²) in [6, 6.07) is 5.86. The van der Waals surface area contributed by atoms with Crippen molar-refractivity contribution in [1.82, 2.24) is 9.80 Å². The van der Waals surface area contributed by atoms with E-state index in [9.17, 15) is 5.11 Å². The van der Waals surface area contributed by atoms with Crippen LogP contribution in [0.1, 0.15) is 12.5 Å². The van der Waals surface area contributed by atoms with Gasteiger partial charge in [0, 0.05) is 36.9 Å². The van der Waals surface area contributed by atoms with Gasteiger partial charge in [-0.25, -0.2) is 0 Å². The third kappa shape index (κ3) is 2.76. The van der Waals surface area contributed by atoms with E-state index >= 15 is 0 Å². The Kier molecular flexibility index (Phi) is 3.78. The lowest BCUT2D eigenvalue weighted by molar-refractivity contribution is 0.249. The second-order valence-electron chi connectivity index (χ2n) is 5.59. The fourth-order valence-corrected chi connectivity index (χ4v) is 2.82. The second-order valence-corrected chi connectivity index (χ2v) is 5.59. The molecule has 3 N–H and O–H groups in total. The average Bonchev–Trinajstić information content (AvgIpc) is 2.65. The fourth-order valence-electron chi connectivity index (χ4n) is 2.82. The molecule has 4 nitrogen and oxygen atoms in total. The molecule has 1 aliphatic rings. The molecule has 2 atom stereocenters. The lowest BCUT2D eigenvalue weighted by atomic mass is 10.1. The van der Waals surface area contributed by atoms with Crippen LogP contribution in [0.3, 0.4) is 0 Å². The Labute approximate surface area is 109 Å². The van der Waals surface area contributed by atoms with E-state index in [1.807, 2.05) is 6.07 Å². The van der Waals surface area contributed by atoms with Gasteiger partial charge in [0.1, 0.15) is 5.75 Å². The van der Waals surface area contributed by atoms with Crippen LogP contribution < -0.4 is 5.73 Å². The van der Waals surface area contributed by atoms with Crippen LogP contribution in [-0.2, 0) is 6.54 Å². The molecule has 2 rings (SSSR count). The van der Waals surface area contributed by atoms with E-state index in [2.05, 4.69) is 30.8 Å². The number of aromatic hydroxyl groups is 1. The van der Waals surface area contributed by atoms with Crippen LogP contribution in [0.5, 0.6) is 5.75 Å². The van der Waals surface area contributed by atoms with Gasteiger partial charge < -0.3 is 15.7 Å². The highest BCUT2D eigenvalue weighted by Crippen LogP contribution is 2.26. The number of nitrogen functional groups attached to an aromatic ring is 1. The van der Waals surface area contributed by atoms with Crippen molar-refractivity contribution in [3.8, 4) is 5.75 Å². The molecule has 0 aromatic heterocycles. The molecular formula is C14H23N3O. The maximum atomic E-state index is 9.84. The summed E-state index contributed by atoms with van der Waals surface area (Å²) >= 11 is 0. The van der Waals surface area contributed by atoms with Gasteiger partial charge in [0.15, 0.2) is 0 Å². The number of phenols is 1. The molecule has 1 fully saturated rings. The van der Waals surface area contributed by atoms with Crippen LogP contribution in [0.2, 0.25) is 0 Å². The summed E-state index contributed by atoms with van der Waals surface area (Å²) in [5.41, 5.74) is 7.39. The van der Waals surface area contributed by atoms with Crippen LogP contribution in [0.15, 0.2) is 18.2 Å². The first-order chi connectivity index (χ1) is 8.47. The molecule has 0 radical (unpaired) electrons. The molecule has 2 unspecified atom stereocenters. The summed E-state index contributed by atoms with van der Waals surface area (Å²) in [7, 11) is 4.26. The lowest BCUT2D eigenvalue weighted by Gasteiger charge is -2.22.